The van der Waals surface area contributed by atoms with Gasteiger partial charge in [-0.3, -0.25) is 9.69 Å². The van der Waals surface area contributed by atoms with Crippen molar-refractivity contribution in [2.24, 2.45) is 0 Å². The zero-order valence-corrected chi connectivity index (χ0v) is 19.7. The van der Waals surface area contributed by atoms with Gasteiger partial charge in [0.2, 0.25) is 0 Å². The number of H-pyrrole nitrogens is 1. The second-order valence-electron chi connectivity index (χ2n) is 9.64. The number of aromatic amines is 1. The molecule has 2 aliphatic carbocycles. The van der Waals surface area contributed by atoms with Crippen LogP contribution in [-0.2, 0) is 0 Å². The van der Waals surface area contributed by atoms with Crippen molar-refractivity contribution < 1.29 is 4.74 Å². The SMILES string of the molecule is COc1ccc2[nH]c(=O)c(C(c3nnnn3C3CCCCC3)N(C)C3CCCCC3)cc2c1. The monoisotopic (exact) mass is 450 g/mol. The average Bonchev–Trinajstić information content (AvgIpc) is 3.34. The average molecular weight is 451 g/mol. The van der Waals surface area contributed by atoms with Gasteiger partial charge in [0.25, 0.3) is 5.56 Å². The second-order valence-corrected chi connectivity index (χ2v) is 9.64. The first kappa shape index (κ1) is 22.1. The topological polar surface area (TPSA) is 88.9 Å². The Morgan fingerprint density at radius 3 is 2.52 bits per heavy atom. The number of methoxy groups -OCH3 is 1. The van der Waals surface area contributed by atoms with Crippen molar-refractivity contribution >= 4 is 10.9 Å². The minimum absolute atomic E-state index is 0.0847. The van der Waals surface area contributed by atoms with Gasteiger partial charge >= 0.3 is 0 Å². The second kappa shape index (κ2) is 9.63. The summed E-state index contributed by atoms with van der Waals surface area (Å²) in [6.07, 6.45) is 11.8. The molecular formula is C25H34N6O2. The van der Waals surface area contributed by atoms with Crippen molar-refractivity contribution in [3.05, 3.63) is 46.0 Å². The number of rotatable bonds is 6. The van der Waals surface area contributed by atoms with Crippen molar-refractivity contribution in [3.8, 4) is 5.75 Å². The molecule has 0 saturated heterocycles. The zero-order chi connectivity index (χ0) is 22.8. The summed E-state index contributed by atoms with van der Waals surface area (Å²) in [6.45, 7) is 0. The van der Waals surface area contributed by atoms with Crippen LogP contribution < -0.4 is 10.3 Å². The third-order valence-electron chi connectivity index (χ3n) is 7.62. The lowest BCUT2D eigenvalue weighted by Crippen LogP contribution is -2.40. The summed E-state index contributed by atoms with van der Waals surface area (Å²) >= 11 is 0. The van der Waals surface area contributed by atoms with Gasteiger partial charge in [0, 0.05) is 22.5 Å². The number of ether oxygens (including phenoxy) is 1. The van der Waals surface area contributed by atoms with Gasteiger partial charge in [-0.1, -0.05) is 38.5 Å². The Kier molecular flexibility index (Phi) is 6.44. The largest absolute Gasteiger partial charge is 0.497 e. The summed E-state index contributed by atoms with van der Waals surface area (Å²) in [5.41, 5.74) is 1.41. The summed E-state index contributed by atoms with van der Waals surface area (Å²) in [5, 5.41) is 14.0. The molecule has 33 heavy (non-hydrogen) atoms. The lowest BCUT2D eigenvalue weighted by molar-refractivity contribution is 0.145. The lowest BCUT2D eigenvalue weighted by Gasteiger charge is -2.37. The number of nitrogens with one attached hydrogen (secondary N) is 1. The van der Waals surface area contributed by atoms with E-state index < -0.39 is 0 Å². The summed E-state index contributed by atoms with van der Waals surface area (Å²) in [5.74, 6) is 1.55. The normalized spacial score (nSPS) is 19.2. The smallest absolute Gasteiger partial charge is 0.253 e. The Balaban J connectivity index is 1.63. The van der Waals surface area contributed by atoms with Gasteiger partial charge in [-0.2, -0.15) is 0 Å². The van der Waals surface area contributed by atoms with Crippen LogP contribution in [0, 0.1) is 0 Å². The fourth-order valence-electron chi connectivity index (χ4n) is 5.74. The Morgan fingerprint density at radius 2 is 1.79 bits per heavy atom. The van der Waals surface area contributed by atoms with E-state index in [1.165, 1.54) is 38.5 Å². The van der Waals surface area contributed by atoms with Crippen LogP contribution in [0.1, 0.15) is 87.7 Å². The number of nitrogens with zero attached hydrogens (tertiary/aromatic N) is 5. The Hall–Kier alpha value is -2.74. The maximum Gasteiger partial charge on any atom is 0.253 e. The first-order chi connectivity index (χ1) is 16.2. The fraction of sp³-hybridized carbons (Fsp3) is 0.600. The maximum atomic E-state index is 13.4. The highest BCUT2D eigenvalue weighted by Crippen LogP contribution is 2.35. The molecular weight excluding hydrogens is 416 g/mol. The Morgan fingerprint density at radius 1 is 1.06 bits per heavy atom. The molecule has 3 aromatic rings. The first-order valence-corrected chi connectivity index (χ1v) is 12.4. The highest BCUT2D eigenvalue weighted by atomic mass is 16.5. The predicted molar refractivity (Wildman–Crippen MR) is 128 cm³/mol. The van der Waals surface area contributed by atoms with Crippen molar-refractivity contribution in [1.29, 1.82) is 0 Å². The van der Waals surface area contributed by atoms with Crippen LogP contribution >= 0.6 is 0 Å². The van der Waals surface area contributed by atoms with E-state index in [0.29, 0.717) is 17.6 Å². The standard InChI is InChI=1S/C25H34N6O2/c1-30(18-9-5-3-6-10-18)23(24-27-28-29-31(24)19-11-7-4-8-12-19)21-16-17-15-20(33-2)13-14-22(17)26-25(21)32/h13-16,18-19,23H,3-12H2,1-2H3,(H,26,32). The number of hydrogen-bond acceptors (Lipinski definition) is 6. The van der Waals surface area contributed by atoms with Crippen LogP contribution in [0.25, 0.3) is 10.9 Å². The summed E-state index contributed by atoms with van der Waals surface area (Å²) in [7, 11) is 3.79. The van der Waals surface area contributed by atoms with Gasteiger partial charge < -0.3 is 9.72 Å². The highest BCUT2D eigenvalue weighted by molar-refractivity contribution is 5.80. The van der Waals surface area contributed by atoms with Crippen LogP contribution in [0.3, 0.4) is 0 Å². The molecule has 2 fully saturated rings. The van der Waals surface area contributed by atoms with Crippen LogP contribution in [0.2, 0.25) is 0 Å². The molecule has 0 bridgehead atoms. The molecule has 1 atom stereocenters. The number of aromatic nitrogens is 5. The van der Waals surface area contributed by atoms with Gasteiger partial charge in [-0.05, 0) is 67.4 Å². The first-order valence-electron chi connectivity index (χ1n) is 12.4. The highest BCUT2D eigenvalue weighted by Gasteiger charge is 2.34. The van der Waals surface area contributed by atoms with E-state index in [-0.39, 0.29) is 11.6 Å². The number of fused-ring (bicyclic) bond motifs is 1. The summed E-state index contributed by atoms with van der Waals surface area (Å²) in [4.78, 5) is 18.8. The van der Waals surface area contributed by atoms with Crippen molar-refractivity contribution in [3.63, 3.8) is 0 Å². The van der Waals surface area contributed by atoms with Crippen LogP contribution in [0.4, 0.5) is 0 Å². The number of benzene rings is 1. The van der Waals surface area contributed by atoms with E-state index >= 15 is 0 Å². The molecule has 2 aliphatic rings. The molecule has 1 aromatic carbocycles. The number of hydrogen-bond donors (Lipinski definition) is 1. The van der Waals surface area contributed by atoms with E-state index in [1.807, 2.05) is 28.9 Å². The minimum Gasteiger partial charge on any atom is -0.497 e. The van der Waals surface area contributed by atoms with E-state index in [4.69, 9.17) is 4.74 Å². The van der Waals surface area contributed by atoms with E-state index in [9.17, 15) is 4.79 Å². The van der Waals surface area contributed by atoms with Crippen LogP contribution in [0.5, 0.6) is 5.75 Å². The van der Waals surface area contributed by atoms with Crippen LogP contribution in [0.15, 0.2) is 29.1 Å². The molecule has 2 heterocycles. The van der Waals surface area contributed by atoms with Crippen molar-refractivity contribution in [1.82, 2.24) is 30.1 Å². The molecule has 1 N–H and O–H groups in total. The van der Waals surface area contributed by atoms with Gasteiger partial charge in [0.15, 0.2) is 5.82 Å². The molecule has 0 amide bonds. The van der Waals surface area contributed by atoms with Gasteiger partial charge in [0.1, 0.15) is 11.8 Å². The van der Waals surface area contributed by atoms with E-state index in [0.717, 1.165) is 48.2 Å². The molecule has 5 rings (SSSR count). The van der Waals surface area contributed by atoms with E-state index in [2.05, 4.69) is 32.5 Å². The van der Waals surface area contributed by atoms with Gasteiger partial charge in [0.05, 0.1) is 13.2 Å². The van der Waals surface area contributed by atoms with E-state index in [1.54, 1.807) is 7.11 Å². The zero-order valence-electron chi connectivity index (χ0n) is 19.7. The molecule has 176 valence electrons. The molecule has 2 saturated carbocycles. The molecule has 1 unspecified atom stereocenters. The molecule has 0 radical (unpaired) electrons. The summed E-state index contributed by atoms with van der Waals surface area (Å²) < 4.78 is 7.44. The summed E-state index contributed by atoms with van der Waals surface area (Å²) in [6, 6.07) is 8.13. The number of pyridine rings is 1. The van der Waals surface area contributed by atoms with Crippen LogP contribution in [-0.4, -0.2) is 50.3 Å². The lowest BCUT2D eigenvalue weighted by atomic mass is 9.91. The van der Waals surface area contributed by atoms with Gasteiger partial charge in [-0.15, -0.1) is 5.10 Å². The number of tetrazole rings is 1. The predicted octanol–water partition coefficient (Wildman–Crippen LogP) is 4.38. The van der Waals surface area contributed by atoms with Crippen molar-refractivity contribution in [2.45, 2.75) is 82.3 Å². The molecule has 8 heteroatoms. The molecule has 8 nitrogen and oxygen atoms in total. The fourth-order valence-corrected chi connectivity index (χ4v) is 5.74. The molecule has 2 aromatic heterocycles. The quantitative estimate of drug-likeness (QED) is 0.599. The molecule has 0 spiro atoms. The Labute approximate surface area is 194 Å². The van der Waals surface area contributed by atoms with Gasteiger partial charge in [-0.25, -0.2) is 4.68 Å². The maximum absolute atomic E-state index is 13.4. The Bertz CT molecular complexity index is 1140. The third kappa shape index (κ3) is 4.40. The van der Waals surface area contributed by atoms with Crippen molar-refractivity contribution in [2.75, 3.05) is 14.2 Å². The third-order valence-corrected chi connectivity index (χ3v) is 7.62. The molecule has 0 aliphatic heterocycles. The minimum atomic E-state index is -0.302.